The van der Waals surface area contributed by atoms with Crippen molar-refractivity contribution in [3.8, 4) is 0 Å². The fourth-order valence-corrected chi connectivity index (χ4v) is 3.33. The molecule has 2 N–H and O–H groups in total. The number of carbonyl (C=O) groups is 1. The fourth-order valence-electron chi connectivity index (χ4n) is 3.20. The van der Waals surface area contributed by atoms with E-state index in [2.05, 4.69) is 20.5 Å². The Morgan fingerprint density at radius 3 is 2.44 bits per heavy atom. The number of halogens is 2. The lowest BCUT2D eigenvalue weighted by molar-refractivity contribution is 0.262. The Labute approximate surface area is 161 Å². The van der Waals surface area contributed by atoms with Crippen LogP contribution in [0.1, 0.15) is 12.8 Å². The molecule has 1 fully saturated rings. The van der Waals surface area contributed by atoms with E-state index in [1.165, 1.54) is 6.07 Å². The van der Waals surface area contributed by atoms with Gasteiger partial charge in [0.15, 0.2) is 5.82 Å². The number of rotatable bonds is 3. The van der Waals surface area contributed by atoms with Crippen LogP contribution >= 0.6 is 11.6 Å². The maximum Gasteiger partial charge on any atom is 0.323 e. The van der Waals surface area contributed by atoms with Crippen LogP contribution in [-0.4, -0.2) is 24.1 Å². The summed E-state index contributed by atoms with van der Waals surface area (Å²) in [7, 11) is 0. The zero-order valence-corrected chi connectivity index (χ0v) is 15.3. The van der Waals surface area contributed by atoms with Crippen molar-refractivity contribution in [2.75, 3.05) is 28.6 Å². The van der Waals surface area contributed by atoms with Gasteiger partial charge >= 0.3 is 6.03 Å². The average Bonchev–Trinajstić information content (AvgIpc) is 3.18. The standard InChI is InChI=1S/C20H18ClFN4O/c21-14-4-6-15(7-5-14)23-20(27)24-16-11-13-3-8-18(26-9-1-2-10-26)25-19(13)17(22)12-16/h3-8,11-12H,1-2,9-10H2,(H2,23,24,27). The first-order valence-electron chi connectivity index (χ1n) is 8.77. The molecule has 0 unspecified atom stereocenters. The number of aromatic nitrogens is 1. The van der Waals surface area contributed by atoms with Gasteiger partial charge in [0.25, 0.3) is 0 Å². The van der Waals surface area contributed by atoms with Crippen molar-refractivity contribution in [3.05, 3.63) is 59.4 Å². The quantitative estimate of drug-likeness (QED) is 0.646. The maximum atomic E-state index is 14.6. The number of fused-ring (bicyclic) bond motifs is 1. The molecule has 5 nitrogen and oxygen atoms in total. The minimum Gasteiger partial charge on any atom is -0.357 e. The lowest BCUT2D eigenvalue weighted by Crippen LogP contribution is -2.20. The van der Waals surface area contributed by atoms with Crippen molar-refractivity contribution in [2.24, 2.45) is 0 Å². The van der Waals surface area contributed by atoms with E-state index in [-0.39, 0.29) is 0 Å². The number of nitrogens with one attached hydrogen (secondary N) is 2. The molecule has 1 saturated heterocycles. The van der Waals surface area contributed by atoms with Crippen molar-refractivity contribution in [1.29, 1.82) is 0 Å². The van der Waals surface area contributed by atoms with Crippen molar-refractivity contribution in [1.82, 2.24) is 4.98 Å². The van der Waals surface area contributed by atoms with Gasteiger partial charge in [-0.15, -0.1) is 0 Å². The van der Waals surface area contributed by atoms with Gasteiger partial charge in [0.1, 0.15) is 11.3 Å². The zero-order valence-electron chi connectivity index (χ0n) is 14.5. The van der Waals surface area contributed by atoms with Crippen LogP contribution in [0.4, 0.5) is 26.4 Å². The second kappa shape index (κ2) is 7.40. The van der Waals surface area contributed by atoms with Crippen LogP contribution in [0, 0.1) is 5.82 Å². The molecule has 2 heterocycles. The molecule has 0 radical (unpaired) electrons. The first kappa shape index (κ1) is 17.5. The molecule has 138 valence electrons. The molecule has 1 aliphatic rings. The summed E-state index contributed by atoms with van der Waals surface area (Å²) in [5.41, 5.74) is 1.26. The summed E-state index contributed by atoms with van der Waals surface area (Å²) in [4.78, 5) is 18.8. The third-order valence-corrected chi connectivity index (χ3v) is 4.77. The third kappa shape index (κ3) is 3.95. The van der Waals surface area contributed by atoms with Crippen molar-refractivity contribution in [3.63, 3.8) is 0 Å². The molecule has 2 aromatic carbocycles. The highest BCUT2D eigenvalue weighted by Gasteiger charge is 2.15. The van der Waals surface area contributed by atoms with Gasteiger partial charge in [-0.2, -0.15) is 0 Å². The van der Waals surface area contributed by atoms with Crippen LogP contribution < -0.4 is 15.5 Å². The van der Waals surface area contributed by atoms with Crippen molar-refractivity contribution >= 4 is 45.7 Å². The van der Waals surface area contributed by atoms with Gasteiger partial charge in [-0.3, -0.25) is 0 Å². The molecule has 7 heteroatoms. The Hall–Kier alpha value is -2.86. The Morgan fingerprint density at radius 1 is 1.00 bits per heavy atom. The summed E-state index contributed by atoms with van der Waals surface area (Å²) in [6, 6.07) is 13.0. The fraction of sp³-hybridized carbons (Fsp3) is 0.200. The molecule has 1 aromatic heterocycles. The largest absolute Gasteiger partial charge is 0.357 e. The SMILES string of the molecule is O=C(Nc1ccc(Cl)cc1)Nc1cc(F)c2nc(N3CCCC3)ccc2c1. The topological polar surface area (TPSA) is 57.3 Å². The number of hydrogen-bond acceptors (Lipinski definition) is 3. The second-order valence-electron chi connectivity index (χ2n) is 6.48. The molecule has 4 rings (SSSR count). The van der Waals surface area contributed by atoms with Gasteiger partial charge in [0, 0.05) is 34.9 Å². The van der Waals surface area contributed by atoms with Crippen LogP contribution in [0.15, 0.2) is 48.5 Å². The van der Waals surface area contributed by atoms with E-state index in [1.54, 1.807) is 30.3 Å². The number of nitrogens with zero attached hydrogens (tertiary/aromatic N) is 2. The summed E-state index contributed by atoms with van der Waals surface area (Å²) in [5.74, 6) is 0.329. The summed E-state index contributed by atoms with van der Waals surface area (Å²) in [6.45, 7) is 1.90. The number of benzene rings is 2. The predicted molar refractivity (Wildman–Crippen MR) is 107 cm³/mol. The summed E-state index contributed by atoms with van der Waals surface area (Å²) in [6.07, 6.45) is 2.27. The predicted octanol–water partition coefficient (Wildman–Crippen LogP) is 5.27. The lowest BCUT2D eigenvalue weighted by atomic mass is 10.2. The Kier molecular flexibility index (Phi) is 4.81. The van der Waals surface area contributed by atoms with Gasteiger partial charge in [-0.05, 0) is 61.4 Å². The number of urea groups is 1. The van der Waals surface area contributed by atoms with Gasteiger partial charge in [-0.25, -0.2) is 14.2 Å². The lowest BCUT2D eigenvalue weighted by Gasteiger charge is -2.17. The number of hydrogen-bond donors (Lipinski definition) is 2. The average molecular weight is 385 g/mol. The van der Waals surface area contributed by atoms with E-state index in [1.807, 2.05) is 12.1 Å². The first-order chi connectivity index (χ1) is 13.1. The maximum absolute atomic E-state index is 14.6. The highest BCUT2D eigenvalue weighted by atomic mass is 35.5. The second-order valence-corrected chi connectivity index (χ2v) is 6.92. The van der Waals surface area contributed by atoms with Crippen LogP contribution in [0.3, 0.4) is 0 Å². The van der Waals surface area contributed by atoms with E-state index in [0.29, 0.717) is 27.3 Å². The van der Waals surface area contributed by atoms with Gasteiger partial charge in [-0.1, -0.05) is 11.6 Å². The molecular weight excluding hydrogens is 367 g/mol. The van der Waals surface area contributed by atoms with Gasteiger partial charge in [0.05, 0.1) is 0 Å². The van der Waals surface area contributed by atoms with Crippen molar-refractivity contribution < 1.29 is 9.18 Å². The Bertz CT molecular complexity index is 987. The summed E-state index contributed by atoms with van der Waals surface area (Å²) in [5, 5.41) is 6.54. The minimum absolute atomic E-state index is 0.308. The zero-order chi connectivity index (χ0) is 18.8. The van der Waals surface area contributed by atoms with Crippen LogP contribution in [0.5, 0.6) is 0 Å². The van der Waals surface area contributed by atoms with Gasteiger partial charge in [0.2, 0.25) is 0 Å². The monoisotopic (exact) mass is 384 g/mol. The normalized spacial score (nSPS) is 13.8. The first-order valence-corrected chi connectivity index (χ1v) is 9.15. The highest BCUT2D eigenvalue weighted by molar-refractivity contribution is 6.30. The summed E-state index contributed by atoms with van der Waals surface area (Å²) >= 11 is 5.82. The number of carbonyl (C=O) groups excluding carboxylic acids is 1. The van der Waals surface area contributed by atoms with Crippen LogP contribution in [0.25, 0.3) is 10.9 Å². The van der Waals surface area contributed by atoms with E-state index >= 15 is 0 Å². The molecule has 0 atom stereocenters. The Morgan fingerprint density at radius 2 is 1.70 bits per heavy atom. The number of pyridine rings is 1. The molecule has 27 heavy (non-hydrogen) atoms. The Balaban J connectivity index is 1.52. The van der Waals surface area contributed by atoms with Gasteiger partial charge < -0.3 is 15.5 Å². The number of anilines is 3. The van der Waals surface area contributed by atoms with E-state index in [0.717, 1.165) is 31.7 Å². The van der Waals surface area contributed by atoms with Crippen LogP contribution in [-0.2, 0) is 0 Å². The molecule has 0 saturated carbocycles. The highest BCUT2D eigenvalue weighted by Crippen LogP contribution is 2.26. The van der Waals surface area contributed by atoms with E-state index in [4.69, 9.17) is 11.6 Å². The van der Waals surface area contributed by atoms with Crippen molar-refractivity contribution in [2.45, 2.75) is 12.8 Å². The minimum atomic E-state index is -0.463. The smallest absolute Gasteiger partial charge is 0.323 e. The van der Waals surface area contributed by atoms with Crippen LogP contribution in [0.2, 0.25) is 5.02 Å². The van der Waals surface area contributed by atoms with E-state index in [9.17, 15) is 9.18 Å². The molecular formula is C20H18ClFN4O. The molecule has 2 amide bonds. The molecule has 3 aromatic rings. The number of amides is 2. The molecule has 0 aliphatic carbocycles. The van der Waals surface area contributed by atoms with E-state index < -0.39 is 11.8 Å². The molecule has 0 bridgehead atoms. The molecule has 1 aliphatic heterocycles. The summed E-state index contributed by atoms with van der Waals surface area (Å²) < 4.78 is 14.6. The molecule has 0 spiro atoms. The third-order valence-electron chi connectivity index (χ3n) is 4.52.